The minimum atomic E-state index is -0.552. The lowest BCUT2D eigenvalue weighted by Gasteiger charge is -2.43. The highest BCUT2D eigenvalue weighted by atomic mass is 19.1. The third kappa shape index (κ3) is 2.70. The fourth-order valence-corrected chi connectivity index (χ4v) is 3.39. The predicted octanol–water partition coefficient (Wildman–Crippen LogP) is 2.33. The van der Waals surface area contributed by atoms with Gasteiger partial charge in [0.25, 0.3) is 0 Å². The van der Waals surface area contributed by atoms with E-state index in [0.717, 1.165) is 31.7 Å². The molecule has 1 heterocycles. The maximum atomic E-state index is 14.2. The van der Waals surface area contributed by atoms with Crippen LogP contribution in [0.4, 0.5) is 8.78 Å². The van der Waals surface area contributed by atoms with Gasteiger partial charge in [-0.05, 0) is 18.9 Å². The van der Waals surface area contributed by atoms with Gasteiger partial charge in [0.1, 0.15) is 11.6 Å². The summed E-state index contributed by atoms with van der Waals surface area (Å²) >= 11 is 0. The minimum Gasteiger partial charge on any atom is -0.396 e. The van der Waals surface area contributed by atoms with Crippen LogP contribution in [0.2, 0.25) is 0 Å². The molecular formula is C16H21F2NO2. The Kier molecular flexibility index (Phi) is 3.99. The van der Waals surface area contributed by atoms with Crippen molar-refractivity contribution in [1.29, 1.82) is 0 Å². The highest BCUT2D eigenvalue weighted by Crippen LogP contribution is 2.41. The summed E-state index contributed by atoms with van der Waals surface area (Å²) in [6.07, 6.45) is 3.70. The first-order chi connectivity index (χ1) is 10.1. The van der Waals surface area contributed by atoms with Crippen molar-refractivity contribution in [2.24, 2.45) is 5.41 Å². The van der Waals surface area contributed by atoms with Gasteiger partial charge in [0.2, 0.25) is 0 Å². The van der Waals surface area contributed by atoms with Gasteiger partial charge in [0.15, 0.2) is 0 Å². The summed E-state index contributed by atoms with van der Waals surface area (Å²) < 4.78 is 32.5. The molecule has 21 heavy (non-hydrogen) atoms. The number of halogens is 2. The third-order valence-electron chi connectivity index (χ3n) is 4.86. The monoisotopic (exact) mass is 297 g/mol. The summed E-state index contributed by atoms with van der Waals surface area (Å²) in [5.41, 5.74) is -0.170. The molecule has 0 aromatic heterocycles. The van der Waals surface area contributed by atoms with Gasteiger partial charge in [0.05, 0.1) is 25.2 Å². The molecule has 2 aliphatic rings. The number of benzene rings is 1. The van der Waals surface area contributed by atoms with Crippen molar-refractivity contribution in [2.45, 2.75) is 31.2 Å². The molecule has 2 N–H and O–H groups in total. The number of nitrogens with one attached hydrogen (secondary N) is 1. The topological polar surface area (TPSA) is 41.5 Å². The summed E-state index contributed by atoms with van der Waals surface area (Å²) in [5, 5.41) is 13.0. The van der Waals surface area contributed by atoms with Crippen LogP contribution >= 0.6 is 0 Å². The standard InChI is InChI=1S/C16H21F2NO2/c17-12-3-4-13(14(18)7-12)16(5-1-2-6-16)19-8-15(9-20)10-21-11-15/h3-4,7,19-20H,1-2,5-6,8-11H2. The molecule has 0 radical (unpaired) electrons. The van der Waals surface area contributed by atoms with Gasteiger partial charge in [-0.2, -0.15) is 0 Å². The zero-order valence-corrected chi connectivity index (χ0v) is 12.0. The molecule has 1 aliphatic heterocycles. The molecule has 3 nitrogen and oxygen atoms in total. The Morgan fingerprint density at radius 1 is 1.19 bits per heavy atom. The normalized spacial score (nSPS) is 23.0. The Bertz CT molecular complexity index is 505. The van der Waals surface area contributed by atoms with Gasteiger partial charge in [-0.25, -0.2) is 8.78 Å². The van der Waals surface area contributed by atoms with E-state index in [1.807, 2.05) is 0 Å². The van der Waals surface area contributed by atoms with Crippen molar-refractivity contribution in [2.75, 3.05) is 26.4 Å². The van der Waals surface area contributed by atoms with E-state index >= 15 is 0 Å². The quantitative estimate of drug-likeness (QED) is 0.876. The molecule has 1 saturated heterocycles. The lowest BCUT2D eigenvalue weighted by molar-refractivity contribution is -0.137. The van der Waals surface area contributed by atoms with Crippen molar-refractivity contribution in [3.8, 4) is 0 Å². The molecule has 0 atom stereocenters. The SMILES string of the molecule is OCC1(CNC2(c3ccc(F)cc3F)CCCC2)COC1. The maximum Gasteiger partial charge on any atom is 0.131 e. The molecule has 0 bridgehead atoms. The Labute approximate surface area is 123 Å². The molecule has 1 aromatic rings. The van der Waals surface area contributed by atoms with E-state index in [-0.39, 0.29) is 12.0 Å². The van der Waals surface area contributed by atoms with Crippen LogP contribution in [-0.2, 0) is 10.3 Å². The zero-order chi connectivity index (χ0) is 14.9. The Balaban J connectivity index is 1.82. The van der Waals surface area contributed by atoms with E-state index in [4.69, 9.17) is 4.74 Å². The summed E-state index contributed by atoms with van der Waals surface area (Å²) in [4.78, 5) is 0. The highest BCUT2D eigenvalue weighted by molar-refractivity contribution is 5.28. The van der Waals surface area contributed by atoms with Crippen LogP contribution < -0.4 is 5.32 Å². The van der Waals surface area contributed by atoms with Crippen molar-refractivity contribution in [1.82, 2.24) is 5.32 Å². The summed E-state index contributed by atoms with van der Waals surface area (Å²) in [6, 6.07) is 3.81. The molecule has 5 heteroatoms. The van der Waals surface area contributed by atoms with Crippen LogP contribution in [0.1, 0.15) is 31.2 Å². The Hall–Kier alpha value is -1.04. The van der Waals surface area contributed by atoms with Gasteiger partial charge in [-0.15, -0.1) is 0 Å². The third-order valence-corrected chi connectivity index (χ3v) is 4.86. The molecule has 0 amide bonds. The molecule has 0 spiro atoms. The number of rotatable bonds is 5. The van der Waals surface area contributed by atoms with Gasteiger partial charge < -0.3 is 15.2 Å². The number of aliphatic hydroxyl groups excluding tert-OH is 1. The minimum absolute atomic E-state index is 0.0575. The van der Waals surface area contributed by atoms with Crippen LogP contribution in [-0.4, -0.2) is 31.5 Å². The number of aliphatic hydroxyl groups is 1. The van der Waals surface area contributed by atoms with E-state index in [1.165, 1.54) is 6.07 Å². The molecule has 1 aromatic carbocycles. The van der Waals surface area contributed by atoms with Gasteiger partial charge in [-0.3, -0.25) is 0 Å². The van der Waals surface area contributed by atoms with Gasteiger partial charge in [0, 0.05) is 23.7 Å². The molecule has 3 rings (SSSR count). The van der Waals surface area contributed by atoms with E-state index in [9.17, 15) is 13.9 Å². The van der Waals surface area contributed by atoms with E-state index in [1.54, 1.807) is 6.07 Å². The average Bonchev–Trinajstić information content (AvgIpc) is 2.88. The average molecular weight is 297 g/mol. The zero-order valence-electron chi connectivity index (χ0n) is 12.0. The fraction of sp³-hybridized carbons (Fsp3) is 0.625. The molecule has 0 unspecified atom stereocenters. The lowest BCUT2D eigenvalue weighted by atomic mass is 9.82. The van der Waals surface area contributed by atoms with Crippen LogP contribution in [0.15, 0.2) is 18.2 Å². The molecular weight excluding hydrogens is 276 g/mol. The number of ether oxygens (including phenoxy) is 1. The van der Waals surface area contributed by atoms with Crippen molar-refractivity contribution in [3.05, 3.63) is 35.4 Å². The highest BCUT2D eigenvalue weighted by Gasteiger charge is 2.43. The first-order valence-corrected chi connectivity index (χ1v) is 7.48. The first-order valence-electron chi connectivity index (χ1n) is 7.48. The molecule has 1 saturated carbocycles. The fourth-order valence-electron chi connectivity index (χ4n) is 3.39. The smallest absolute Gasteiger partial charge is 0.131 e. The van der Waals surface area contributed by atoms with Gasteiger partial charge in [-0.1, -0.05) is 18.9 Å². The molecule has 2 fully saturated rings. The van der Waals surface area contributed by atoms with Crippen molar-refractivity contribution >= 4 is 0 Å². The summed E-state index contributed by atoms with van der Waals surface area (Å²) in [6.45, 7) is 1.69. The summed E-state index contributed by atoms with van der Waals surface area (Å²) in [5.74, 6) is -1.05. The largest absolute Gasteiger partial charge is 0.396 e. The van der Waals surface area contributed by atoms with Crippen LogP contribution in [0.5, 0.6) is 0 Å². The van der Waals surface area contributed by atoms with Crippen LogP contribution in [0, 0.1) is 17.0 Å². The van der Waals surface area contributed by atoms with E-state index < -0.39 is 17.2 Å². The molecule has 116 valence electrons. The Morgan fingerprint density at radius 3 is 2.43 bits per heavy atom. The Morgan fingerprint density at radius 2 is 1.90 bits per heavy atom. The second kappa shape index (κ2) is 5.63. The molecule has 1 aliphatic carbocycles. The first kappa shape index (κ1) is 14.9. The van der Waals surface area contributed by atoms with E-state index in [2.05, 4.69) is 5.32 Å². The summed E-state index contributed by atoms with van der Waals surface area (Å²) in [7, 11) is 0. The van der Waals surface area contributed by atoms with Crippen LogP contribution in [0.3, 0.4) is 0 Å². The predicted molar refractivity (Wildman–Crippen MR) is 74.8 cm³/mol. The van der Waals surface area contributed by atoms with E-state index in [0.29, 0.717) is 25.3 Å². The maximum absolute atomic E-state index is 14.2. The number of hydrogen-bond acceptors (Lipinski definition) is 3. The second-order valence-electron chi connectivity index (χ2n) is 6.42. The lowest BCUT2D eigenvalue weighted by Crippen LogP contribution is -2.56. The second-order valence-corrected chi connectivity index (χ2v) is 6.42. The number of hydrogen-bond donors (Lipinski definition) is 2. The van der Waals surface area contributed by atoms with Crippen LogP contribution in [0.25, 0.3) is 0 Å². The van der Waals surface area contributed by atoms with Gasteiger partial charge >= 0.3 is 0 Å². The van der Waals surface area contributed by atoms with Crippen molar-refractivity contribution in [3.63, 3.8) is 0 Å². The van der Waals surface area contributed by atoms with Crippen molar-refractivity contribution < 1.29 is 18.6 Å².